The van der Waals surface area contributed by atoms with Crippen LogP contribution in [0.5, 0.6) is 5.88 Å². The molecule has 1 aliphatic heterocycles. The third-order valence-corrected chi connectivity index (χ3v) is 2.93. The lowest BCUT2D eigenvalue weighted by Gasteiger charge is -2.05. The maximum absolute atomic E-state index is 5.38. The molecular weight excluding hydrogens is 190 g/mol. The molecule has 1 aliphatic rings. The normalized spacial score (nSPS) is 17.5. The minimum absolute atomic E-state index is 0.881. The van der Waals surface area contributed by atoms with Gasteiger partial charge in [-0.15, -0.1) is 0 Å². The number of aromatic nitrogens is 2. The maximum Gasteiger partial charge on any atom is 0.216 e. The topological polar surface area (TPSA) is 39.1 Å². The van der Waals surface area contributed by atoms with E-state index in [4.69, 9.17) is 4.74 Å². The third-order valence-electron chi connectivity index (χ3n) is 2.93. The van der Waals surface area contributed by atoms with Crippen LogP contribution in [0.1, 0.15) is 30.5 Å². The standard InChI is InChI=1S/C11H19N3O/c1-14-11(15-2)9-8-12-7-5-3-4-6-10(9)13-14/h12H,3-8H2,1-2H3. The first-order valence-corrected chi connectivity index (χ1v) is 5.62. The summed E-state index contributed by atoms with van der Waals surface area (Å²) in [6.45, 7) is 1.98. The highest BCUT2D eigenvalue weighted by Crippen LogP contribution is 2.23. The van der Waals surface area contributed by atoms with Crippen LogP contribution >= 0.6 is 0 Å². The first-order chi connectivity index (χ1) is 7.33. The molecule has 2 heterocycles. The second-order valence-corrected chi connectivity index (χ2v) is 4.05. The number of rotatable bonds is 1. The predicted molar refractivity (Wildman–Crippen MR) is 59.0 cm³/mol. The average Bonchev–Trinajstić information content (AvgIpc) is 2.56. The summed E-state index contributed by atoms with van der Waals surface area (Å²) in [5, 5.41) is 7.96. The van der Waals surface area contributed by atoms with Crippen LogP contribution in [0.2, 0.25) is 0 Å². The third kappa shape index (κ3) is 2.15. The molecule has 0 bridgehead atoms. The molecule has 84 valence electrons. The zero-order chi connectivity index (χ0) is 10.7. The molecule has 4 nitrogen and oxygen atoms in total. The van der Waals surface area contributed by atoms with Crippen LogP contribution < -0.4 is 10.1 Å². The summed E-state index contributed by atoms with van der Waals surface area (Å²) in [6, 6.07) is 0. The molecule has 1 aromatic rings. The molecule has 0 radical (unpaired) electrons. The Morgan fingerprint density at radius 2 is 2.20 bits per heavy atom. The molecule has 2 rings (SSSR count). The molecule has 0 saturated heterocycles. The number of nitrogens with one attached hydrogen (secondary N) is 1. The molecule has 0 fully saturated rings. The van der Waals surface area contributed by atoms with Gasteiger partial charge in [0.05, 0.1) is 18.4 Å². The maximum atomic E-state index is 5.38. The minimum Gasteiger partial charge on any atom is -0.481 e. The number of hydrogen-bond acceptors (Lipinski definition) is 3. The van der Waals surface area contributed by atoms with E-state index in [0.29, 0.717) is 0 Å². The highest BCUT2D eigenvalue weighted by molar-refractivity contribution is 5.31. The fourth-order valence-electron chi connectivity index (χ4n) is 2.17. The molecule has 0 aliphatic carbocycles. The predicted octanol–water partition coefficient (Wildman–Crippen LogP) is 1.24. The van der Waals surface area contributed by atoms with Gasteiger partial charge in [-0.25, -0.2) is 4.68 Å². The van der Waals surface area contributed by atoms with Crippen molar-refractivity contribution < 1.29 is 4.74 Å². The number of hydrogen-bond donors (Lipinski definition) is 1. The zero-order valence-electron chi connectivity index (χ0n) is 9.55. The Morgan fingerprint density at radius 3 is 3.00 bits per heavy atom. The smallest absolute Gasteiger partial charge is 0.216 e. The average molecular weight is 209 g/mol. The summed E-state index contributed by atoms with van der Waals surface area (Å²) in [5.41, 5.74) is 2.44. The van der Waals surface area contributed by atoms with Crippen LogP contribution in [-0.4, -0.2) is 23.4 Å². The molecule has 0 atom stereocenters. The van der Waals surface area contributed by atoms with Crippen LogP contribution in [0.4, 0.5) is 0 Å². The molecule has 0 amide bonds. The van der Waals surface area contributed by atoms with E-state index >= 15 is 0 Å². The summed E-state index contributed by atoms with van der Waals surface area (Å²) in [7, 11) is 3.65. The lowest BCUT2D eigenvalue weighted by atomic mass is 10.1. The molecule has 0 spiro atoms. The molecule has 4 heteroatoms. The van der Waals surface area contributed by atoms with Crippen LogP contribution in [0.25, 0.3) is 0 Å². The van der Waals surface area contributed by atoms with E-state index in [2.05, 4.69) is 10.4 Å². The quantitative estimate of drug-likeness (QED) is 0.756. The molecule has 1 N–H and O–H groups in total. The van der Waals surface area contributed by atoms with E-state index < -0.39 is 0 Å². The van der Waals surface area contributed by atoms with Crippen LogP contribution in [-0.2, 0) is 20.0 Å². The lowest BCUT2D eigenvalue weighted by molar-refractivity contribution is 0.368. The van der Waals surface area contributed by atoms with Gasteiger partial charge in [-0.2, -0.15) is 5.10 Å². The Hall–Kier alpha value is -1.03. The van der Waals surface area contributed by atoms with Gasteiger partial charge in [0.15, 0.2) is 0 Å². The summed E-state index contributed by atoms with van der Waals surface area (Å²) < 4.78 is 7.22. The van der Waals surface area contributed by atoms with E-state index in [1.807, 2.05) is 11.7 Å². The van der Waals surface area contributed by atoms with Crippen molar-refractivity contribution in [1.29, 1.82) is 0 Å². The van der Waals surface area contributed by atoms with Gasteiger partial charge in [0.25, 0.3) is 0 Å². The van der Waals surface area contributed by atoms with Crippen molar-refractivity contribution in [3.05, 3.63) is 11.3 Å². The highest BCUT2D eigenvalue weighted by Gasteiger charge is 2.16. The Morgan fingerprint density at radius 1 is 1.33 bits per heavy atom. The monoisotopic (exact) mass is 209 g/mol. The van der Waals surface area contributed by atoms with Crippen molar-refractivity contribution in [3.63, 3.8) is 0 Å². The number of aryl methyl sites for hydroxylation is 2. The Labute approximate surface area is 90.6 Å². The van der Waals surface area contributed by atoms with E-state index in [9.17, 15) is 0 Å². The number of ether oxygens (including phenoxy) is 1. The molecule has 15 heavy (non-hydrogen) atoms. The number of fused-ring (bicyclic) bond motifs is 1. The second kappa shape index (κ2) is 4.66. The Bertz CT molecular complexity index is 333. The van der Waals surface area contributed by atoms with E-state index in [1.165, 1.54) is 30.5 Å². The summed E-state index contributed by atoms with van der Waals surface area (Å²) in [5.74, 6) is 0.902. The van der Waals surface area contributed by atoms with Gasteiger partial charge in [-0.05, 0) is 25.8 Å². The van der Waals surface area contributed by atoms with Gasteiger partial charge < -0.3 is 10.1 Å². The Kier molecular flexibility index (Phi) is 3.26. The molecule has 0 unspecified atom stereocenters. The first-order valence-electron chi connectivity index (χ1n) is 5.62. The summed E-state index contributed by atoms with van der Waals surface area (Å²) in [6.07, 6.45) is 4.85. The fraction of sp³-hybridized carbons (Fsp3) is 0.727. The van der Waals surface area contributed by atoms with Gasteiger partial charge in [0, 0.05) is 13.6 Å². The van der Waals surface area contributed by atoms with Gasteiger partial charge >= 0.3 is 0 Å². The molecule has 0 saturated carbocycles. The second-order valence-electron chi connectivity index (χ2n) is 4.05. The van der Waals surface area contributed by atoms with Crippen molar-refractivity contribution in [2.45, 2.75) is 32.2 Å². The van der Waals surface area contributed by atoms with Crippen molar-refractivity contribution in [2.24, 2.45) is 7.05 Å². The Balaban J connectivity index is 2.28. The van der Waals surface area contributed by atoms with Crippen molar-refractivity contribution in [3.8, 4) is 5.88 Å². The van der Waals surface area contributed by atoms with Crippen molar-refractivity contribution in [1.82, 2.24) is 15.1 Å². The van der Waals surface area contributed by atoms with Crippen LogP contribution in [0.15, 0.2) is 0 Å². The van der Waals surface area contributed by atoms with Gasteiger partial charge in [-0.3, -0.25) is 0 Å². The first kappa shape index (κ1) is 10.5. The summed E-state index contributed by atoms with van der Waals surface area (Å²) in [4.78, 5) is 0. The van der Waals surface area contributed by atoms with Crippen LogP contribution in [0, 0.1) is 0 Å². The van der Waals surface area contributed by atoms with E-state index in [-0.39, 0.29) is 0 Å². The molecule has 0 aromatic carbocycles. The summed E-state index contributed by atoms with van der Waals surface area (Å²) >= 11 is 0. The zero-order valence-corrected chi connectivity index (χ0v) is 9.55. The van der Waals surface area contributed by atoms with Crippen LogP contribution in [0.3, 0.4) is 0 Å². The fourth-order valence-corrected chi connectivity index (χ4v) is 2.17. The molecular formula is C11H19N3O. The van der Waals surface area contributed by atoms with E-state index in [1.54, 1.807) is 7.11 Å². The van der Waals surface area contributed by atoms with Gasteiger partial charge in [-0.1, -0.05) is 6.42 Å². The highest BCUT2D eigenvalue weighted by atomic mass is 16.5. The molecule has 1 aromatic heterocycles. The SMILES string of the molecule is COc1c2c(nn1C)CCCCCNC2. The van der Waals surface area contributed by atoms with Crippen molar-refractivity contribution in [2.75, 3.05) is 13.7 Å². The minimum atomic E-state index is 0.881. The van der Waals surface area contributed by atoms with Crippen molar-refractivity contribution >= 4 is 0 Å². The van der Waals surface area contributed by atoms with E-state index in [0.717, 1.165) is 25.4 Å². The largest absolute Gasteiger partial charge is 0.481 e. The van der Waals surface area contributed by atoms with Gasteiger partial charge in [0.2, 0.25) is 5.88 Å². The number of nitrogens with zero attached hydrogens (tertiary/aromatic N) is 2. The number of methoxy groups -OCH3 is 1. The van der Waals surface area contributed by atoms with Gasteiger partial charge in [0.1, 0.15) is 0 Å². The lowest BCUT2D eigenvalue weighted by Crippen LogP contribution is -2.14.